The molecule has 1 aromatic heterocycles. The van der Waals surface area contributed by atoms with Crippen molar-refractivity contribution in [2.24, 2.45) is 17.8 Å². The number of phenols is 1. The first-order chi connectivity index (χ1) is 41.2. The molecule has 0 radical (unpaired) electrons. The fourth-order valence-electron chi connectivity index (χ4n) is 9.79. The number of carbonyl (C=O) groups is 11. The smallest absolute Gasteiger partial charge is 0.303 e. The Hall–Kier alpha value is -7.36. The first kappa shape index (κ1) is 73.9. The Balaban J connectivity index is 1.68. The number of hydrogen-bond acceptors (Lipinski definition) is 18. The number of nitrogens with zero attached hydrogens (tertiary/aromatic N) is 4. The molecule has 2 aromatic rings. The Morgan fingerprint density at radius 1 is 0.782 bits per heavy atom. The fraction of sp³-hybridized carbons (Fsp3) is 0.633. The number of unbranched alkanes of at least 4 members (excludes halogenated alkanes) is 1. The fourth-order valence-corrected chi connectivity index (χ4v) is 10.6. The number of carboxylic acid groups (broad SMARTS) is 1. The number of methoxy groups -OCH3 is 1. The molecule has 8 N–H and O–H groups in total. The van der Waals surface area contributed by atoms with Gasteiger partial charge in [-0.05, 0) is 94.5 Å². The van der Waals surface area contributed by atoms with Crippen molar-refractivity contribution in [3.05, 3.63) is 52.0 Å². The highest BCUT2D eigenvalue weighted by atomic mass is 32.1. The van der Waals surface area contributed by atoms with Crippen LogP contribution in [-0.4, -0.2) is 193 Å². The van der Waals surface area contributed by atoms with Crippen LogP contribution in [-0.2, 0) is 68.6 Å². The summed E-state index contributed by atoms with van der Waals surface area (Å²) in [5.74, 6) is -6.42. The molecule has 2 heterocycles. The van der Waals surface area contributed by atoms with E-state index >= 15 is 0 Å². The molecule has 1 aromatic carbocycles. The van der Waals surface area contributed by atoms with E-state index in [0.717, 1.165) is 28.4 Å². The van der Waals surface area contributed by atoms with Gasteiger partial charge < -0.3 is 61.2 Å². The van der Waals surface area contributed by atoms with Crippen LogP contribution >= 0.6 is 11.3 Å². The van der Waals surface area contributed by atoms with Crippen LogP contribution in [0, 0.1) is 17.8 Å². The van der Waals surface area contributed by atoms with Crippen LogP contribution in [0.3, 0.4) is 0 Å². The number of hydrogen-bond donors (Lipinski definition) is 8. The second kappa shape index (κ2) is 38.0. The minimum Gasteiger partial charge on any atom is -0.506 e. The summed E-state index contributed by atoms with van der Waals surface area (Å²) in [6.45, 7) is 13.6. The van der Waals surface area contributed by atoms with Gasteiger partial charge in [0.1, 0.15) is 35.1 Å². The molecular weight excluding hydrogens is 1150 g/mol. The van der Waals surface area contributed by atoms with Crippen molar-refractivity contribution in [3.8, 4) is 5.75 Å². The first-order valence-corrected chi connectivity index (χ1v) is 30.5. The van der Waals surface area contributed by atoms with Crippen molar-refractivity contribution in [1.82, 2.24) is 46.3 Å². The molecule has 26 nitrogen and oxygen atoms in total. The minimum absolute atomic E-state index is 0.0141. The highest BCUT2D eigenvalue weighted by Crippen LogP contribution is 2.32. The third-order valence-corrected chi connectivity index (χ3v) is 15.6. The molecule has 0 saturated heterocycles. The van der Waals surface area contributed by atoms with Gasteiger partial charge in [0.2, 0.25) is 35.4 Å². The van der Waals surface area contributed by atoms with Gasteiger partial charge in [-0.25, -0.2) is 4.98 Å². The SMILES string of the molecule is CC[C@H](C)[C@H](NC(=O)[C@H](C(C)C)N(C)C)C(=O)N(C)[C@H](C[C@@H](OC(C)=O)c1nc(C(=O)N[C@H](CCC(=O)O)Cc2ccc(O)c(NC(=O)CCCNC(=O)[C@H](CCCCNC(=O)COCCOC)NC(=O)CCCN3C(=O)C=CC3=O)c2)cs1)C(C)C. The zero-order valence-corrected chi connectivity index (χ0v) is 53.0. The molecule has 0 unspecified atom stereocenters. The number of aromatic hydroxyl groups is 1. The van der Waals surface area contributed by atoms with Crippen LogP contribution in [0.4, 0.5) is 5.69 Å². The highest BCUT2D eigenvalue weighted by molar-refractivity contribution is 7.09. The maximum absolute atomic E-state index is 14.4. The Labute approximate surface area is 514 Å². The van der Waals surface area contributed by atoms with E-state index < -0.39 is 83.7 Å². The monoisotopic (exact) mass is 1240 g/mol. The number of anilines is 1. The van der Waals surface area contributed by atoms with Gasteiger partial charge in [-0.15, -0.1) is 11.3 Å². The number of aliphatic carboxylic acids is 1. The van der Waals surface area contributed by atoms with Gasteiger partial charge in [-0.3, -0.25) is 62.5 Å². The summed E-state index contributed by atoms with van der Waals surface area (Å²) in [4.78, 5) is 151. The summed E-state index contributed by atoms with van der Waals surface area (Å²) >= 11 is 1.07. The predicted molar refractivity (Wildman–Crippen MR) is 324 cm³/mol. The molecule has 484 valence electrons. The Bertz CT molecular complexity index is 2660. The Morgan fingerprint density at radius 3 is 2.08 bits per heavy atom. The lowest BCUT2D eigenvalue weighted by Gasteiger charge is -2.37. The van der Waals surface area contributed by atoms with E-state index in [1.54, 1.807) is 18.0 Å². The lowest BCUT2D eigenvalue weighted by Crippen LogP contribution is -2.58. The van der Waals surface area contributed by atoms with Gasteiger partial charge in [0.05, 0.1) is 24.9 Å². The first-order valence-electron chi connectivity index (χ1n) is 29.6. The summed E-state index contributed by atoms with van der Waals surface area (Å²) in [6, 6.07) is 0.790. The summed E-state index contributed by atoms with van der Waals surface area (Å²) in [5.41, 5.74) is 0.519. The number of rotatable bonds is 41. The van der Waals surface area contributed by atoms with Gasteiger partial charge in [0.25, 0.3) is 17.7 Å². The van der Waals surface area contributed by atoms with Gasteiger partial charge in [0.15, 0.2) is 6.10 Å². The van der Waals surface area contributed by atoms with Gasteiger partial charge in [0, 0.05) is 96.0 Å². The molecular formula is C60H92N10O16S. The lowest BCUT2D eigenvalue weighted by molar-refractivity contribution is -0.149. The molecule has 0 saturated carbocycles. The van der Waals surface area contributed by atoms with E-state index in [1.165, 1.54) is 31.5 Å². The molecule has 7 atom stereocenters. The number of esters is 1. The van der Waals surface area contributed by atoms with E-state index in [9.17, 15) is 63.0 Å². The van der Waals surface area contributed by atoms with Crippen LogP contribution in [0.1, 0.15) is 146 Å². The van der Waals surface area contributed by atoms with Gasteiger partial charge >= 0.3 is 11.9 Å². The molecule has 1 aliphatic rings. The number of likely N-dealkylation sites (N-methyl/N-ethyl adjacent to an activating group) is 2. The second-order valence-corrected chi connectivity index (χ2v) is 23.5. The van der Waals surface area contributed by atoms with Crippen LogP contribution < -0.4 is 31.9 Å². The van der Waals surface area contributed by atoms with Crippen LogP contribution in [0.5, 0.6) is 5.75 Å². The molecule has 9 amide bonds. The molecule has 0 spiro atoms. The molecule has 1 aliphatic heterocycles. The number of aromatic nitrogens is 1. The van der Waals surface area contributed by atoms with Crippen molar-refractivity contribution in [1.29, 1.82) is 0 Å². The third kappa shape index (κ3) is 25.9. The van der Waals surface area contributed by atoms with Crippen molar-refractivity contribution >= 4 is 82.1 Å². The molecule has 27 heteroatoms. The topological polar surface area (TPSA) is 351 Å². The Kier molecular flexibility index (Phi) is 32.3. The zero-order chi connectivity index (χ0) is 64.9. The number of ether oxygens (including phenoxy) is 3. The summed E-state index contributed by atoms with van der Waals surface area (Å²) in [7, 11) is 6.79. The maximum atomic E-state index is 14.4. The predicted octanol–water partition coefficient (Wildman–Crippen LogP) is 3.62. The summed E-state index contributed by atoms with van der Waals surface area (Å²) in [5, 5.41) is 38.9. The number of thiazole rings is 1. The number of imide groups is 1. The molecule has 0 bridgehead atoms. The van der Waals surface area contributed by atoms with Crippen molar-refractivity contribution < 1.29 is 77.2 Å². The van der Waals surface area contributed by atoms with E-state index in [1.807, 2.05) is 60.5 Å². The van der Waals surface area contributed by atoms with Crippen LogP contribution in [0.15, 0.2) is 35.7 Å². The second-order valence-electron chi connectivity index (χ2n) is 22.6. The summed E-state index contributed by atoms with van der Waals surface area (Å²) < 4.78 is 15.9. The average Bonchev–Trinajstić information content (AvgIpc) is 3.89. The van der Waals surface area contributed by atoms with Crippen molar-refractivity contribution in [2.45, 2.75) is 162 Å². The molecule has 0 aliphatic carbocycles. The largest absolute Gasteiger partial charge is 0.506 e. The Morgan fingerprint density at radius 2 is 1.46 bits per heavy atom. The van der Waals surface area contributed by atoms with E-state index in [-0.39, 0.29) is 142 Å². The van der Waals surface area contributed by atoms with Crippen molar-refractivity contribution in [2.75, 3.05) is 73.0 Å². The standard InChI is InChI=1S/C60H92N10O16S/c1-12-38(6)54(67-58(82)55(37(4)5)68(8)9)60(83)69(10)45(36(2)3)33-47(86-39(7)71)59-66-44(35-87-59)57(81)63-41(21-25-53(78)79)31-40-20-22-46(72)43(32-40)65-48(73)18-15-27-62-56(80)42(17-13-14-26-61-50(75)34-85-30-29-84-11)64-49(74)19-16-28-70-51(76)23-24-52(70)77/h20,22-24,32,35-38,41-42,45,47,54-55,72H,12-19,21,25-31,33-34H2,1-11H3,(H,61,75)(H,62,80)(H,63,81)(H,64,74)(H,65,73)(H,67,82)(H,78,79)/t38-,41+,42-,45+,47+,54-,55-/m0/s1. The summed E-state index contributed by atoms with van der Waals surface area (Å²) in [6.07, 6.45) is 3.01. The van der Waals surface area contributed by atoms with Crippen LogP contribution in [0.25, 0.3) is 0 Å². The van der Waals surface area contributed by atoms with E-state index in [2.05, 4.69) is 36.9 Å². The normalized spacial score (nSPS) is 14.6. The highest BCUT2D eigenvalue weighted by Gasteiger charge is 2.38. The number of carboxylic acids is 1. The van der Waals surface area contributed by atoms with Crippen molar-refractivity contribution in [3.63, 3.8) is 0 Å². The van der Waals surface area contributed by atoms with E-state index in [4.69, 9.17) is 14.2 Å². The quantitative estimate of drug-likeness (QED) is 0.0204. The minimum atomic E-state index is -1.11. The molecule has 3 rings (SSSR count). The number of nitrogens with one attached hydrogen (secondary N) is 6. The number of benzene rings is 1. The number of amides is 9. The number of carbonyl (C=O) groups excluding carboxylic acids is 10. The van der Waals surface area contributed by atoms with Crippen LogP contribution in [0.2, 0.25) is 0 Å². The average molecular weight is 1240 g/mol. The molecule has 87 heavy (non-hydrogen) atoms. The lowest BCUT2D eigenvalue weighted by atomic mass is 9.92. The molecule has 0 fully saturated rings. The van der Waals surface area contributed by atoms with Gasteiger partial charge in [-0.1, -0.05) is 54.0 Å². The van der Waals surface area contributed by atoms with Gasteiger partial charge in [-0.2, -0.15) is 0 Å². The maximum Gasteiger partial charge on any atom is 0.303 e. The zero-order valence-electron chi connectivity index (χ0n) is 52.2. The number of phenolic OH excluding ortho intramolecular Hbond substituents is 1. The van der Waals surface area contributed by atoms with E-state index in [0.29, 0.717) is 38.0 Å². The third-order valence-electron chi connectivity index (χ3n) is 14.6.